The molecule has 2 aromatic rings. The summed E-state index contributed by atoms with van der Waals surface area (Å²) >= 11 is 0. The first kappa shape index (κ1) is 23.9. The van der Waals surface area contributed by atoms with Crippen molar-refractivity contribution in [2.75, 3.05) is 26.7 Å². The molecule has 7 heteroatoms. The predicted octanol–water partition coefficient (Wildman–Crippen LogP) is 3.61. The van der Waals surface area contributed by atoms with Crippen LogP contribution in [0.4, 0.5) is 4.39 Å². The highest BCUT2D eigenvalue weighted by Crippen LogP contribution is 2.28. The van der Waals surface area contributed by atoms with E-state index in [1.165, 1.54) is 6.07 Å². The second-order valence-electron chi connectivity index (χ2n) is 8.53. The lowest BCUT2D eigenvalue weighted by molar-refractivity contribution is 0.0324. The molecule has 1 aliphatic rings. The maximum absolute atomic E-state index is 14.1. The Hall–Kier alpha value is -2.77. The third kappa shape index (κ3) is 5.53. The number of rotatable bonds is 7. The summed E-state index contributed by atoms with van der Waals surface area (Å²) in [5.74, 6) is -0.177. The molecule has 1 amide bonds. The van der Waals surface area contributed by atoms with Crippen molar-refractivity contribution in [1.29, 1.82) is 0 Å². The molecule has 6 nitrogen and oxygen atoms in total. The van der Waals surface area contributed by atoms with Gasteiger partial charge in [-0.3, -0.25) is 9.69 Å². The van der Waals surface area contributed by atoms with Gasteiger partial charge in [-0.2, -0.15) is 0 Å². The summed E-state index contributed by atoms with van der Waals surface area (Å²) in [5, 5.41) is 9.75. The van der Waals surface area contributed by atoms with Crippen LogP contribution in [-0.2, 0) is 6.54 Å². The fourth-order valence-electron chi connectivity index (χ4n) is 3.91. The lowest BCUT2D eigenvalue weighted by Gasteiger charge is -2.37. The van der Waals surface area contributed by atoms with Crippen molar-refractivity contribution in [3.8, 4) is 5.88 Å². The highest BCUT2D eigenvalue weighted by atomic mass is 19.1. The van der Waals surface area contributed by atoms with E-state index in [1.54, 1.807) is 29.3 Å². The number of hydrogen-bond acceptors (Lipinski definition) is 5. The van der Waals surface area contributed by atoms with Crippen LogP contribution in [0.15, 0.2) is 42.6 Å². The fraction of sp³-hybridized carbons (Fsp3) is 0.440. The lowest BCUT2D eigenvalue weighted by Crippen LogP contribution is -2.49. The van der Waals surface area contributed by atoms with Gasteiger partial charge in [0, 0.05) is 37.3 Å². The van der Waals surface area contributed by atoms with Crippen molar-refractivity contribution in [3.63, 3.8) is 0 Å². The van der Waals surface area contributed by atoms with E-state index in [9.17, 15) is 14.3 Å². The quantitative estimate of drug-likeness (QED) is 0.711. The Morgan fingerprint density at radius 3 is 2.84 bits per heavy atom. The molecule has 2 heterocycles. The number of halogens is 1. The minimum Gasteiger partial charge on any atom is -0.472 e. The molecule has 0 saturated carbocycles. The largest absolute Gasteiger partial charge is 0.472 e. The van der Waals surface area contributed by atoms with Crippen molar-refractivity contribution in [1.82, 2.24) is 14.8 Å². The number of amides is 1. The topological polar surface area (TPSA) is 65.9 Å². The molecule has 3 rings (SSSR count). The Morgan fingerprint density at radius 1 is 1.41 bits per heavy atom. The Labute approximate surface area is 189 Å². The van der Waals surface area contributed by atoms with Crippen LogP contribution in [0.2, 0.25) is 0 Å². The molecule has 3 atom stereocenters. The average molecular weight is 442 g/mol. The molecule has 0 aliphatic carbocycles. The van der Waals surface area contributed by atoms with Gasteiger partial charge >= 0.3 is 0 Å². The first-order valence-electron chi connectivity index (χ1n) is 11.0. The molecule has 0 unspecified atom stereocenters. The standard InChI is InChI=1S/C25H32FN3O3/c1-5-8-19-11-21-24(27-12-19)32-23(17(2)13-29(25(21)31)18(3)16-30)15-28(4)14-20-9-6-7-10-22(20)26/h5-12,17-18,23,30H,13-16H2,1-4H3/t17-,18-,23+/m0/s1. The Kier molecular flexibility index (Phi) is 7.99. The maximum atomic E-state index is 14.1. The van der Waals surface area contributed by atoms with E-state index >= 15 is 0 Å². The minimum atomic E-state index is -0.335. The number of carbonyl (C=O) groups excluding carboxylic acids is 1. The van der Waals surface area contributed by atoms with Gasteiger partial charge in [0.05, 0.1) is 12.6 Å². The molecule has 1 aromatic carbocycles. The van der Waals surface area contributed by atoms with E-state index in [0.717, 1.165) is 5.56 Å². The number of aliphatic hydroxyl groups is 1. The molecule has 0 radical (unpaired) electrons. The molecule has 1 aliphatic heterocycles. The minimum absolute atomic E-state index is 0.0267. The summed E-state index contributed by atoms with van der Waals surface area (Å²) in [5.41, 5.74) is 1.81. The molecule has 1 N–H and O–H groups in total. The number of fused-ring (bicyclic) bond motifs is 1. The maximum Gasteiger partial charge on any atom is 0.259 e. The van der Waals surface area contributed by atoms with Crippen molar-refractivity contribution >= 4 is 12.0 Å². The van der Waals surface area contributed by atoms with Crippen LogP contribution >= 0.6 is 0 Å². The monoisotopic (exact) mass is 441 g/mol. The van der Waals surface area contributed by atoms with Gasteiger partial charge in [-0.05, 0) is 38.6 Å². The van der Waals surface area contributed by atoms with Crippen molar-refractivity contribution in [3.05, 3.63) is 65.1 Å². The molecule has 0 fully saturated rings. The summed E-state index contributed by atoms with van der Waals surface area (Å²) in [7, 11) is 1.92. The molecule has 0 bridgehead atoms. The zero-order chi connectivity index (χ0) is 23.3. The molecule has 32 heavy (non-hydrogen) atoms. The summed E-state index contributed by atoms with van der Waals surface area (Å²) in [6.07, 6.45) is 5.17. The molecule has 172 valence electrons. The lowest BCUT2D eigenvalue weighted by atomic mass is 9.99. The third-order valence-electron chi connectivity index (χ3n) is 5.79. The van der Waals surface area contributed by atoms with Crippen LogP contribution < -0.4 is 4.74 Å². The van der Waals surface area contributed by atoms with Crippen LogP contribution in [0.5, 0.6) is 5.88 Å². The first-order chi connectivity index (χ1) is 15.3. The summed E-state index contributed by atoms with van der Waals surface area (Å²) < 4.78 is 20.4. The number of likely N-dealkylation sites (N-methyl/N-ethyl adjacent to an activating group) is 1. The van der Waals surface area contributed by atoms with Crippen LogP contribution in [0.1, 0.15) is 42.3 Å². The number of nitrogens with zero attached hydrogens (tertiary/aromatic N) is 3. The first-order valence-corrected chi connectivity index (χ1v) is 11.0. The summed E-state index contributed by atoms with van der Waals surface area (Å²) in [6, 6.07) is 8.18. The van der Waals surface area contributed by atoms with Crippen molar-refractivity contribution < 1.29 is 19.0 Å². The van der Waals surface area contributed by atoms with E-state index < -0.39 is 0 Å². The summed E-state index contributed by atoms with van der Waals surface area (Å²) in [6.45, 7) is 7.03. The van der Waals surface area contributed by atoms with Gasteiger partial charge < -0.3 is 14.7 Å². The zero-order valence-corrected chi connectivity index (χ0v) is 19.2. The zero-order valence-electron chi connectivity index (χ0n) is 19.2. The summed E-state index contributed by atoms with van der Waals surface area (Å²) in [4.78, 5) is 21.5. The fourth-order valence-corrected chi connectivity index (χ4v) is 3.91. The predicted molar refractivity (Wildman–Crippen MR) is 123 cm³/mol. The number of allylic oxidation sites excluding steroid dienone is 1. The second kappa shape index (κ2) is 10.7. The second-order valence-corrected chi connectivity index (χ2v) is 8.53. The number of aliphatic hydroxyl groups excluding tert-OH is 1. The van der Waals surface area contributed by atoms with Gasteiger partial charge in [-0.1, -0.05) is 37.3 Å². The molecule has 0 spiro atoms. The molecular weight excluding hydrogens is 409 g/mol. The normalized spacial score (nSPS) is 20.1. The smallest absolute Gasteiger partial charge is 0.259 e. The van der Waals surface area contributed by atoms with Crippen LogP contribution in [-0.4, -0.2) is 64.7 Å². The van der Waals surface area contributed by atoms with Gasteiger partial charge in [0.2, 0.25) is 5.88 Å². The molecule has 1 aromatic heterocycles. The van der Waals surface area contributed by atoms with E-state index in [1.807, 2.05) is 50.9 Å². The number of pyridine rings is 1. The van der Waals surface area contributed by atoms with E-state index in [4.69, 9.17) is 4.74 Å². The van der Waals surface area contributed by atoms with Gasteiger partial charge in [-0.15, -0.1) is 0 Å². The van der Waals surface area contributed by atoms with Crippen molar-refractivity contribution in [2.24, 2.45) is 5.92 Å². The Morgan fingerprint density at radius 2 is 2.16 bits per heavy atom. The van der Waals surface area contributed by atoms with E-state index in [2.05, 4.69) is 4.98 Å². The SMILES string of the molecule is CC=Cc1cnc2c(c1)C(=O)N([C@@H](C)CO)C[C@H](C)[C@@H](CN(C)Cc1ccccc1F)O2. The van der Waals surface area contributed by atoms with E-state index in [-0.39, 0.29) is 42.3 Å². The van der Waals surface area contributed by atoms with E-state index in [0.29, 0.717) is 30.8 Å². The van der Waals surface area contributed by atoms with Gasteiger partial charge in [-0.25, -0.2) is 9.37 Å². The number of benzene rings is 1. The van der Waals surface area contributed by atoms with Crippen LogP contribution in [0, 0.1) is 11.7 Å². The van der Waals surface area contributed by atoms with Crippen LogP contribution in [0.3, 0.4) is 0 Å². The highest BCUT2D eigenvalue weighted by molar-refractivity contribution is 5.97. The van der Waals surface area contributed by atoms with Crippen LogP contribution in [0.25, 0.3) is 6.08 Å². The highest BCUT2D eigenvalue weighted by Gasteiger charge is 2.34. The van der Waals surface area contributed by atoms with Gasteiger partial charge in [0.15, 0.2) is 0 Å². The number of ether oxygens (including phenoxy) is 1. The van der Waals surface area contributed by atoms with Crippen molar-refractivity contribution in [2.45, 2.75) is 39.5 Å². The number of carbonyl (C=O) groups is 1. The Balaban J connectivity index is 1.90. The molecular formula is C25H32FN3O3. The average Bonchev–Trinajstić information content (AvgIpc) is 2.78. The van der Waals surface area contributed by atoms with Gasteiger partial charge in [0.25, 0.3) is 5.91 Å². The molecule has 0 saturated heterocycles. The Bertz CT molecular complexity index is 965. The number of hydrogen-bond donors (Lipinski definition) is 1. The third-order valence-corrected chi connectivity index (χ3v) is 5.79. The number of aromatic nitrogens is 1. The van der Waals surface area contributed by atoms with Gasteiger partial charge in [0.1, 0.15) is 17.5 Å².